The third-order valence-corrected chi connectivity index (χ3v) is 6.98. The molecule has 0 aliphatic carbocycles. The van der Waals surface area contributed by atoms with Crippen LogP contribution in [0.25, 0.3) is 10.2 Å². The number of aromatic nitrogens is 1. The number of hydrogen-bond donors (Lipinski definition) is 3. The second kappa shape index (κ2) is 8.66. The average molecular weight is 454 g/mol. The number of benzene rings is 2. The Morgan fingerprint density at radius 2 is 1.90 bits per heavy atom. The molecule has 2 aromatic carbocycles. The quantitative estimate of drug-likeness (QED) is 0.507. The molecule has 7 nitrogen and oxygen atoms in total. The SMILES string of the molecule is CC(C)C(CO)NC(=O)c1ccc2nc(NS(=O)(=O)c3ccc(Cl)cc3)sc2c1. The summed E-state index contributed by atoms with van der Waals surface area (Å²) in [6.07, 6.45) is 0. The van der Waals surface area contributed by atoms with Crippen molar-refractivity contribution >= 4 is 54.2 Å². The molecule has 3 aromatic rings. The molecule has 0 bridgehead atoms. The summed E-state index contributed by atoms with van der Waals surface area (Å²) >= 11 is 6.93. The van der Waals surface area contributed by atoms with E-state index in [4.69, 9.17) is 11.6 Å². The van der Waals surface area contributed by atoms with Gasteiger partial charge in [0, 0.05) is 10.6 Å². The maximum absolute atomic E-state index is 12.5. The molecule has 0 saturated carbocycles. The van der Waals surface area contributed by atoms with Crippen molar-refractivity contribution in [3.05, 3.63) is 53.1 Å². The molecule has 0 fully saturated rings. The fourth-order valence-electron chi connectivity index (χ4n) is 2.57. The van der Waals surface area contributed by atoms with Crippen molar-refractivity contribution in [3.63, 3.8) is 0 Å². The molecule has 0 aliphatic rings. The molecule has 10 heteroatoms. The van der Waals surface area contributed by atoms with Crippen LogP contribution in [0.4, 0.5) is 5.13 Å². The van der Waals surface area contributed by atoms with Gasteiger partial charge in [0.2, 0.25) is 0 Å². The molecule has 1 aromatic heterocycles. The van der Waals surface area contributed by atoms with E-state index in [0.29, 0.717) is 20.8 Å². The lowest BCUT2D eigenvalue weighted by molar-refractivity contribution is 0.0897. The van der Waals surface area contributed by atoms with E-state index in [9.17, 15) is 18.3 Å². The van der Waals surface area contributed by atoms with Crippen molar-refractivity contribution < 1.29 is 18.3 Å². The van der Waals surface area contributed by atoms with Gasteiger partial charge in [-0.25, -0.2) is 13.4 Å². The summed E-state index contributed by atoms with van der Waals surface area (Å²) in [5.41, 5.74) is 0.982. The highest BCUT2D eigenvalue weighted by atomic mass is 35.5. The van der Waals surface area contributed by atoms with Crippen LogP contribution in [0.1, 0.15) is 24.2 Å². The van der Waals surface area contributed by atoms with Crippen LogP contribution in [0.2, 0.25) is 5.02 Å². The molecule has 1 atom stereocenters. The number of sulfonamides is 1. The lowest BCUT2D eigenvalue weighted by Crippen LogP contribution is -2.41. The van der Waals surface area contributed by atoms with Crippen LogP contribution in [-0.2, 0) is 10.0 Å². The predicted octanol–water partition coefficient (Wildman–Crippen LogP) is 3.50. The van der Waals surface area contributed by atoms with Crippen LogP contribution in [0.3, 0.4) is 0 Å². The maximum Gasteiger partial charge on any atom is 0.263 e. The van der Waals surface area contributed by atoms with Gasteiger partial charge in [0.25, 0.3) is 15.9 Å². The standard InChI is InChI=1S/C19H20ClN3O4S2/c1-11(2)16(10-24)21-18(25)12-3-8-15-17(9-12)28-19(22-15)23-29(26,27)14-6-4-13(20)5-7-14/h3-9,11,16,24H,10H2,1-2H3,(H,21,25)(H,22,23). The van der Waals surface area contributed by atoms with Gasteiger partial charge < -0.3 is 10.4 Å². The van der Waals surface area contributed by atoms with Crippen LogP contribution >= 0.6 is 22.9 Å². The zero-order valence-corrected chi connectivity index (χ0v) is 18.1. The normalized spacial score (nSPS) is 12.9. The Morgan fingerprint density at radius 3 is 2.52 bits per heavy atom. The third kappa shape index (κ3) is 5.05. The van der Waals surface area contributed by atoms with Crippen molar-refractivity contribution in [1.82, 2.24) is 10.3 Å². The summed E-state index contributed by atoms with van der Waals surface area (Å²) in [6, 6.07) is 10.4. The molecule has 3 N–H and O–H groups in total. The van der Waals surface area contributed by atoms with E-state index in [-0.39, 0.29) is 34.5 Å². The molecule has 0 aliphatic heterocycles. The van der Waals surface area contributed by atoms with Crippen molar-refractivity contribution in [1.29, 1.82) is 0 Å². The first-order valence-corrected chi connectivity index (χ1v) is 11.5. The molecule has 154 valence electrons. The van der Waals surface area contributed by atoms with E-state index in [1.54, 1.807) is 18.2 Å². The number of halogens is 1. The molecule has 0 spiro atoms. The first-order chi connectivity index (χ1) is 13.7. The van der Waals surface area contributed by atoms with Crippen LogP contribution in [0.15, 0.2) is 47.4 Å². The highest BCUT2D eigenvalue weighted by molar-refractivity contribution is 7.93. The van der Waals surface area contributed by atoms with E-state index in [2.05, 4.69) is 15.0 Å². The molecule has 1 heterocycles. The molecule has 3 rings (SSSR count). The fraction of sp³-hybridized carbons (Fsp3) is 0.263. The monoisotopic (exact) mass is 453 g/mol. The van der Waals surface area contributed by atoms with Gasteiger partial charge in [-0.15, -0.1) is 0 Å². The van der Waals surface area contributed by atoms with E-state index in [1.165, 1.54) is 24.3 Å². The number of aliphatic hydroxyl groups excluding tert-OH is 1. The van der Waals surface area contributed by atoms with Crippen LogP contribution < -0.4 is 10.0 Å². The zero-order chi connectivity index (χ0) is 21.2. The zero-order valence-electron chi connectivity index (χ0n) is 15.7. The lowest BCUT2D eigenvalue weighted by Gasteiger charge is -2.19. The number of rotatable bonds is 7. The van der Waals surface area contributed by atoms with Gasteiger partial charge in [0.05, 0.1) is 27.8 Å². The van der Waals surface area contributed by atoms with Crippen molar-refractivity contribution in [3.8, 4) is 0 Å². The number of hydrogen-bond acceptors (Lipinski definition) is 6. The number of amides is 1. The summed E-state index contributed by atoms with van der Waals surface area (Å²) in [6.45, 7) is 3.67. The number of fused-ring (bicyclic) bond motifs is 1. The number of nitrogens with zero attached hydrogens (tertiary/aromatic N) is 1. The molecule has 0 saturated heterocycles. The Balaban J connectivity index is 1.82. The molecular formula is C19H20ClN3O4S2. The van der Waals surface area contributed by atoms with Crippen molar-refractivity contribution in [2.45, 2.75) is 24.8 Å². The second-order valence-corrected chi connectivity index (χ2v) is 9.92. The minimum Gasteiger partial charge on any atom is -0.394 e. The second-order valence-electron chi connectivity index (χ2n) is 6.77. The highest BCUT2D eigenvalue weighted by Crippen LogP contribution is 2.29. The van der Waals surface area contributed by atoms with Crippen LogP contribution in [0.5, 0.6) is 0 Å². The number of carbonyl (C=O) groups is 1. The summed E-state index contributed by atoms with van der Waals surface area (Å²) in [7, 11) is -3.80. The summed E-state index contributed by atoms with van der Waals surface area (Å²) in [5, 5.41) is 12.8. The largest absolute Gasteiger partial charge is 0.394 e. The van der Waals surface area contributed by atoms with E-state index >= 15 is 0 Å². The van der Waals surface area contributed by atoms with Gasteiger partial charge in [-0.1, -0.05) is 36.8 Å². The Kier molecular flexibility index (Phi) is 6.42. The first kappa shape index (κ1) is 21.5. The van der Waals surface area contributed by atoms with Crippen molar-refractivity contribution in [2.24, 2.45) is 5.92 Å². The number of aliphatic hydroxyl groups is 1. The van der Waals surface area contributed by atoms with Gasteiger partial charge in [0.1, 0.15) is 0 Å². The highest BCUT2D eigenvalue weighted by Gasteiger charge is 2.19. The Labute approximate surface area is 177 Å². The number of anilines is 1. The van der Waals surface area contributed by atoms with E-state index in [1.807, 2.05) is 13.8 Å². The topological polar surface area (TPSA) is 108 Å². The van der Waals surface area contributed by atoms with Crippen LogP contribution in [0, 0.1) is 5.92 Å². The minimum absolute atomic E-state index is 0.0740. The maximum atomic E-state index is 12.5. The third-order valence-electron chi connectivity index (χ3n) is 4.31. The number of thiazole rings is 1. The Morgan fingerprint density at radius 1 is 1.21 bits per heavy atom. The smallest absolute Gasteiger partial charge is 0.263 e. The molecule has 0 radical (unpaired) electrons. The minimum atomic E-state index is -3.80. The number of carbonyl (C=O) groups excluding carboxylic acids is 1. The van der Waals surface area contributed by atoms with Crippen molar-refractivity contribution in [2.75, 3.05) is 11.3 Å². The summed E-state index contributed by atoms with van der Waals surface area (Å²) in [5.74, 6) is -0.221. The molecular weight excluding hydrogens is 434 g/mol. The fourth-order valence-corrected chi connectivity index (χ4v) is 4.84. The lowest BCUT2D eigenvalue weighted by atomic mass is 10.0. The van der Waals surface area contributed by atoms with E-state index in [0.717, 1.165) is 11.3 Å². The van der Waals surface area contributed by atoms with E-state index < -0.39 is 10.0 Å². The molecule has 1 unspecified atom stereocenters. The van der Waals surface area contributed by atoms with Gasteiger partial charge in [-0.3, -0.25) is 9.52 Å². The van der Waals surface area contributed by atoms with Gasteiger partial charge in [-0.05, 0) is 48.4 Å². The van der Waals surface area contributed by atoms with Gasteiger partial charge in [-0.2, -0.15) is 0 Å². The molecule has 29 heavy (non-hydrogen) atoms. The molecule has 1 amide bonds. The average Bonchev–Trinajstić information content (AvgIpc) is 3.06. The Hall–Kier alpha value is -2.20. The van der Waals surface area contributed by atoms with Gasteiger partial charge >= 0.3 is 0 Å². The van der Waals surface area contributed by atoms with Crippen LogP contribution in [-0.4, -0.2) is 37.1 Å². The Bertz CT molecular complexity index is 1130. The van der Waals surface area contributed by atoms with Gasteiger partial charge in [0.15, 0.2) is 5.13 Å². The summed E-state index contributed by atoms with van der Waals surface area (Å²) in [4.78, 5) is 16.8. The predicted molar refractivity (Wildman–Crippen MR) is 115 cm³/mol. The summed E-state index contributed by atoms with van der Waals surface area (Å²) < 4.78 is 28.1. The number of nitrogens with one attached hydrogen (secondary N) is 2. The first-order valence-electron chi connectivity index (χ1n) is 8.80.